The third kappa shape index (κ3) is 2.15. The second-order valence-electron chi connectivity index (χ2n) is 6.30. The minimum Gasteiger partial charge on any atom is -0.477 e. The first-order chi connectivity index (χ1) is 10.2. The number of hydrogen-bond acceptors (Lipinski definition) is 3. The second-order valence-corrected chi connectivity index (χ2v) is 6.30. The van der Waals surface area contributed by atoms with Gasteiger partial charge < -0.3 is 10.4 Å². The molecule has 1 aromatic carbocycles. The van der Waals surface area contributed by atoms with Crippen LogP contribution in [0.25, 0.3) is 10.9 Å². The first-order valence-electron chi connectivity index (χ1n) is 7.60. The predicted molar refractivity (Wildman–Crippen MR) is 81.6 cm³/mol. The molecule has 0 saturated heterocycles. The predicted octanol–water partition coefficient (Wildman–Crippen LogP) is 3.53. The number of hydrogen-bond donors (Lipinski definition) is 2. The zero-order valence-corrected chi connectivity index (χ0v) is 11.7. The molecule has 3 atom stereocenters. The molecule has 2 aliphatic carbocycles. The van der Waals surface area contributed by atoms with Gasteiger partial charge in [0.2, 0.25) is 0 Å². The summed E-state index contributed by atoms with van der Waals surface area (Å²) < 4.78 is 0. The van der Waals surface area contributed by atoms with E-state index in [1.165, 1.54) is 25.7 Å². The van der Waals surface area contributed by atoms with Crippen LogP contribution in [0.3, 0.4) is 0 Å². The molecule has 1 heterocycles. The van der Waals surface area contributed by atoms with E-state index in [0.29, 0.717) is 6.04 Å². The first kappa shape index (κ1) is 12.6. The number of aromatic carboxylic acids is 1. The van der Waals surface area contributed by atoms with Crippen molar-refractivity contribution in [1.29, 1.82) is 0 Å². The number of fused-ring (bicyclic) bond motifs is 3. The van der Waals surface area contributed by atoms with Crippen LogP contribution in [0.15, 0.2) is 30.3 Å². The topological polar surface area (TPSA) is 62.2 Å². The Labute approximate surface area is 123 Å². The van der Waals surface area contributed by atoms with Gasteiger partial charge in [-0.25, -0.2) is 9.78 Å². The smallest absolute Gasteiger partial charge is 0.354 e. The molecule has 2 bridgehead atoms. The Morgan fingerprint density at radius 3 is 2.81 bits per heavy atom. The van der Waals surface area contributed by atoms with Crippen LogP contribution < -0.4 is 5.32 Å². The number of aromatic nitrogens is 1. The molecule has 4 heteroatoms. The first-order valence-corrected chi connectivity index (χ1v) is 7.60. The molecule has 2 fully saturated rings. The quantitative estimate of drug-likeness (QED) is 0.904. The lowest BCUT2D eigenvalue weighted by molar-refractivity contribution is 0.0691. The minimum absolute atomic E-state index is 0.111. The van der Waals surface area contributed by atoms with E-state index in [0.717, 1.165) is 28.4 Å². The van der Waals surface area contributed by atoms with E-state index in [4.69, 9.17) is 0 Å². The lowest BCUT2D eigenvalue weighted by Gasteiger charge is -2.24. The Morgan fingerprint density at radius 2 is 2.10 bits per heavy atom. The van der Waals surface area contributed by atoms with Crippen LogP contribution >= 0.6 is 0 Å². The molecule has 2 saturated carbocycles. The van der Waals surface area contributed by atoms with Gasteiger partial charge in [-0.1, -0.05) is 24.6 Å². The van der Waals surface area contributed by atoms with Gasteiger partial charge in [0, 0.05) is 17.1 Å². The molecule has 0 aliphatic heterocycles. The lowest BCUT2D eigenvalue weighted by Crippen LogP contribution is -2.26. The Balaban J connectivity index is 1.74. The zero-order chi connectivity index (χ0) is 14.4. The van der Waals surface area contributed by atoms with E-state index in [-0.39, 0.29) is 5.69 Å². The molecule has 4 nitrogen and oxygen atoms in total. The Kier molecular flexibility index (Phi) is 2.84. The maximum absolute atomic E-state index is 11.3. The summed E-state index contributed by atoms with van der Waals surface area (Å²) in [6.45, 7) is 0. The zero-order valence-electron chi connectivity index (χ0n) is 11.7. The molecule has 2 N–H and O–H groups in total. The van der Waals surface area contributed by atoms with Crippen LogP contribution in [0.4, 0.5) is 5.69 Å². The van der Waals surface area contributed by atoms with Crippen molar-refractivity contribution in [2.75, 3.05) is 5.32 Å². The molecule has 21 heavy (non-hydrogen) atoms. The van der Waals surface area contributed by atoms with Gasteiger partial charge >= 0.3 is 5.97 Å². The summed E-state index contributed by atoms with van der Waals surface area (Å²) in [7, 11) is 0. The third-order valence-electron chi connectivity index (χ3n) is 5.01. The number of rotatable bonds is 3. The van der Waals surface area contributed by atoms with E-state index in [1.807, 2.05) is 24.3 Å². The molecule has 0 amide bonds. The van der Waals surface area contributed by atoms with Crippen molar-refractivity contribution in [2.45, 2.75) is 31.7 Å². The molecular weight excluding hydrogens is 264 g/mol. The van der Waals surface area contributed by atoms with E-state index in [9.17, 15) is 9.90 Å². The molecule has 3 unspecified atom stereocenters. The molecule has 1 aromatic heterocycles. The summed E-state index contributed by atoms with van der Waals surface area (Å²) in [5.74, 6) is 0.631. The highest BCUT2D eigenvalue weighted by Gasteiger charge is 2.39. The van der Waals surface area contributed by atoms with Crippen LogP contribution in [0.5, 0.6) is 0 Å². The highest BCUT2D eigenvalue weighted by atomic mass is 16.4. The summed E-state index contributed by atoms with van der Waals surface area (Å²) in [5, 5.41) is 13.9. The molecule has 4 rings (SSSR count). The van der Waals surface area contributed by atoms with Gasteiger partial charge in [0.15, 0.2) is 5.69 Å². The van der Waals surface area contributed by atoms with Gasteiger partial charge in [0.25, 0.3) is 0 Å². The maximum Gasteiger partial charge on any atom is 0.354 e. The number of carboxylic acid groups (broad SMARTS) is 1. The van der Waals surface area contributed by atoms with Gasteiger partial charge in [0.1, 0.15) is 0 Å². The highest BCUT2D eigenvalue weighted by Crippen LogP contribution is 2.45. The number of nitrogens with one attached hydrogen (secondary N) is 1. The number of carbonyl (C=O) groups is 1. The fourth-order valence-electron chi connectivity index (χ4n) is 4.03. The summed E-state index contributed by atoms with van der Waals surface area (Å²) in [6, 6.07) is 9.89. The number of anilines is 1. The third-order valence-corrected chi connectivity index (χ3v) is 5.01. The molecule has 0 spiro atoms. The molecular formula is C17H18N2O2. The monoisotopic (exact) mass is 282 g/mol. The van der Waals surface area contributed by atoms with Crippen molar-refractivity contribution in [3.8, 4) is 0 Å². The van der Waals surface area contributed by atoms with Crippen molar-refractivity contribution in [2.24, 2.45) is 11.8 Å². The highest BCUT2D eigenvalue weighted by molar-refractivity contribution is 5.97. The molecule has 2 aliphatic rings. The van der Waals surface area contributed by atoms with Crippen LogP contribution in [0.1, 0.15) is 36.2 Å². The average Bonchev–Trinajstić information content (AvgIpc) is 3.09. The van der Waals surface area contributed by atoms with Crippen molar-refractivity contribution >= 4 is 22.6 Å². The van der Waals surface area contributed by atoms with Gasteiger partial charge in [-0.3, -0.25) is 0 Å². The average molecular weight is 282 g/mol. The van der Waals surface area contributed by atoms with Crippen molar-refractivity contribution in [1.82, 2.24) is 4.98 Å². The van der Waals surface area contributed by atoms with E-state index in [2.05, 4.69) is 10.3 Å². The summed E-state index contributed by atoms with van der Waals surface area (Å²) in [5.41, 5.74) is 1.76. The number of carboxylic acids is 1. The Bertz CT molecular complexity index is 713. The van der Waals surface area contributed by atoms with Crippen LogP contribution in [-0.2, 0) is 0 Å². The van der Waals surface area contributed by atoms with Crippen LogP contribution in [0, 0.1) is 11.8 Å². The van der Waals surface area contributed by atoms with Crippen molar-refractivity contribution in [3.63, 3.8) is 0 Å². The largest absolute Gasteiger partial charge is 0.477 e. The summed E-state index contributed by atoms with van der Waals surface area (Å²) >= 11 is 0. The Hall–Kier alpha value is -2.10. The Morgan fingerprint density at radius 1 is 1.24 bits per heavy atom. The molecule has 108 valence electrons. The number of nitrogens with zero attached hydrogens (tertiary/aromatic N) is 1. The summed E-state index contributed by atoms with van der Waals surface area (Å²) in [4.78, 5) is 15.5. The van der Waals surface area contributed by atoms with Crippen molar-refractivity contribution in [3.05, 3.63) is 36.0 Å². The van der Waals surface area contributed by atoms with Gasteiger partial charge in [-0.15, -0.1) is 0 Å². The number of para-hydroxylation sites is 1. The van der Waals surface area contributed by atoms with Crippen LogP contribution in [-0.4, -0.2) is 22.1 Å². The second kappa shape index (κ2) is 4.72. The fourth-order valence-corrected chi connectivity index (χ4v) is 4.03. The van der Waals surface area contributed by atoms with Gasteiger partial charge in [-0.2, -0.15) is 0 Å². The van der Waals surface area contributed by atoms with Gasteiger partial charge in [-0.05, 0) is 43.2 Å². The van der Waals surface area contributed by atoms with E-state index < -0.39 is 5.97 Å². The minimum atomic E-state index is -0.975. The fraction of sp³-hybridized carbons (Fsp3) is 0.412. The molecule has 0 radical (unpaired) electrons. The molecule has 2 aromatic rings. The van der Waals surface area contributed by atoms with E-state index in [1.54, 1.807) is 6.07 Å². The lowest BCUT2D eigenvalue weighted by atomic mass is 9.95. The van der Waals surface area contributed by atoms with Crippen molar-refractivity contribution < 1.29 is 9.90 Å². The van der Waals surface area contributed by atoms with Gasteiger partial charge in [0.05, 0.1) is 5.52 Å². The summed E-state index contributed by atoms with van der Waals surface area (Å²) in [6.07, 6.45) is 5.20. The SMILES string of the molecule is O=C(O)c1cc(NC2CC3CCC2C3)c2ccccc2n1. The standard InChI is InChI=1S/C17H18N2O2/c20-17(21)16-9-15(12-3-1-2-4-13(12)18-16)19-14-8-10-5-6-11(14)7-10/h1-4,9-11,14H,5-8H2,(H,18,19)(H,20,21). The number of pyridine rings is 1. The maximum atomic E-state index is 11.3. The normalized spacial score (nSPS) is 27.1. The van der Waals surface area contributed by atoms with Crippen LogP contribution in [0.2, 0.25) is 0 Å². The van der Waals surface area contributed by atoms with E-state index >= 15 is 0 Å². The number of benzene rings is 1.